The van der Waals surface area contributed by atoms with Crippen LogP contribution in [0, 0.1) is 12.8 Å². The molecule has 4 heteroatoms. The number of aryl methyl sites for hydroxylation is 1. The monoisotopic (exact) mass is 240 g/mol. The average Bonchev–Trinajstić information content (AvgIpc) is 2.14. The van der Waals surface area contributed by atoms with E-state index < -0.39 is 0 Å². The van der Waals surface area contributed by atoms with E-state index in [-0.39, 0.29) is 24.2 Å². The number of hydrogen-bond donors (Lipinski definition) is 2. The molecule has 2 N–H and O–H groups in total. The molecule has 0 atom stereocenters. The number of benzene rings is 1. The molecular formula is C12H17ClN2O. The minimum Gasteiger partial charge on any atom is -0.352 e. The molecule has 0 spiro atoms. The summed E-state index contributed by atoms with van der Waals surface area (Å²) in [5, 5.41) is 6.05. The van der Waals surface area contributed by atoms with Crippen LogP contribution >= 0.6 is 12.4 Å². The second-order valence-electron chi connectivity index (χ2n) is 4.00. The van der Waals surface area contributed by atoms with Crippen LogP contribution in [-0.4, -0.2) is 19.0 Å². The van der Waals surface area contributed by atoms with Gasteiger partial charge in [0.15, 0.2) is 0 Å². The molecule has 3 nitrogen and oxygen atoms in total. The first-order valence-electron chi connectivity index (χ1n) is 5.30. The van der Waals surface area contributed by atoms with E-state index in [0.29, 0.717) is 6.54 Å². The highest BCUT2D eigenvalue weighted by molar-refractivity contribution is 5.85. The molecule has 0 aliphatic carbocycles. The Balaban J connectivity index is 0.00000128. The van der Waals surface area contributed by atoms with Crippen molar-refractivity contribution in [3.05, 3.63) is 35.4 Å². The van der Waals surface area contributed by atoms with Gasteiger partial charge in [0.1, 0.15) is 0 Å². The molecule has 0 bridgehead atoms. The van der Waals surface area contributed by atoms with E-state index in [1.807, 2.05) is 12.1 Å². The molecule has 1 aromatic carbocycles. The molecule has 1 amide bonds. The van der Waals surface area contributed by atoms with Crippen LogP contribution in [0.1, 0.15) is 11.1 Å². The predicted molar refractivity (Wildman–Crippen MR) is 66.6 cm³/mol. The SMILES string of the molecule is Cc1ccccc1CNC(=O)C1CNC1.Cl. The van der Waals surface area contributed by atoms with Crippen LogP contribution in [0.25, 0.3) is 0 Å². The van der Waals surface area contributed by atoms with E-state index in [2.05, 4.69) is 29.7 Å². The van der Waals surface area contributed by atoms with E-state index in [0.717, 1.165) is 13.1 Å². The molecular weight excluding hydrogens is 224 g/mol. The van der Waals surface area contributed by atoms with Gasteiger partial charge in [0, 0.05) is 19.6 Å². The van der Waals surface area contributed by atoms with Gasteiger partial charge >= 0.3 is 0 Å². The van der Waals surface area contributed by atoms with Gasteiger partial charge in [-0.05, 0) is 18.1 Å². The number of amides is 1. The molecule has 1 saturated heterocycles. The van der Waals surface area contributed by atoms with Gasteiger partial charge in [-0.2, -0.15) is 0 Å². The Bertz CT molecular complexity index is 364. The number of halogens is 1. The third-order valence-electron chi connectivity index (χ3n) is 2.87. The van der Waals surface area contributed by atoms with Crippen LogP contribution in [0.15, 0.2) is 24.3 Å². The molecule has 88 valence electrons. The summed E-state index contributed by atoms with van der Waals surface area (Å²) in [5.41, 5.74) is 2.42. The van der Waals surface area contributed by atoms with E-state index in [1.165, 1.54) is 11.1 Å². The zero-order valence-corrected chi connectivity index (χ0v) is 10.1. The Morgan fingerprint density at radius 1 is 1.44 bits per heavy atom. The fraction of sp³-hybridized carbons (Fsp3) is 0.417. The van der Waals surface area contributed by atoms with Gasteiger partial charge in [-0.25, -0.2) is 0 Å². The third-order valence-corrected chi connectivity index (χ3v) is 2.87. The Morgan fingerprint density at radius 3 is 2.69 bits per heavy atom. The van der Waals surface area contributed by atoms with Crippen molar-refractivity contribution in [2.24, 2.45) is 5.92 Å². The van der Waals surface area contributed by atoms with E-state index in [9.17, 15) is 4.79 Å². The maximum absolute atomic E-state index is 11.6. The highest BCUT2D eigenvalue weighted by atomic mass is 35.5. The van der Waals surface area contributed by atoms with Gasteiger partial charge in [-0.15, -0.1) is 12.4 Å². The zero-order chi connectivity index (χ0) is 10.7. The first kappa shape index (κ1) is 13.0. The number of rotatable bonds is 3. The lowest BCUT2D eigenvalue weighted by atomic mass is 10.0. The molecule has 0 radical (unpaired) electrons. The maximum Gasteiger partial charge on any atom is 0.225 e. The Kier molecular flexibility index (Phi) is 4.77. The summed E-state index contributed by atoms with van der Waals surface area (Å²) in [6, 6.07) is 8.12. The number of carbonyl (C=O) groups excluding carboxylic acids is 1. The van der Waals surface area contributed by atoms with E-state index >= 15 is 0 Å². The van der Waals surface area contributed by atoms with Crippen molar-refractivity contribution in [2.75, 3.05) is 13.1 Å². The summed E-state index contributed by atoms with van der Waals surface area (Å²) in [6.45, 7) is 4.34. The first-order valence-corrected chi connectivity index (χ1v) is 5.30. The topological polar surface area (TPSA) is 41.1 Å². The van der Waals surface area contributed by atoms with Gasteiger partial charge < -0.3 is 10.6 Å². The van der Waals surface area contributed by atoms with Crippen LogP contribution in [0.2, 0.25) is 0 Å². The van der Waals surface area contributed by atoms with Crippen LogP contribution < -0.4 is 10.6 Å². The lowest BCUT2D eigenvalue weighted by Gasteiger charge is -2.25. The summed E-state index contributed by atoms with van der Waals surface area (Å²) in [7, 11) is 0. The normalized spacial score (nSPS) is 14.8. The molecule has 1 heterocycles. The van der Waals surface area contributed by atoms with E-state index in [1.54, 1.807) is 0 Å². The molecule has 0 saturated carbocycles. The summed E-state index contributed by atoms with van der Waals surface area (Å²) >= 11 is 0. The average molecular weight is 241 g/mol. The molecule has 1 aliphatic heterocycles. The number of carbonyl (C=O) groups is 1. The van der Waals surface area contributed by atoms with Crippen LogP contribution in [0.3, 0.4) is 0 Å². The second-order valence-corrected chi connectivity index (χ2v) is 4.00. The molecule has 1 aliphatic rings. The molecule has 16 heavy (non-hydrogen) atoms. The van der Waals surface area contributed by atoms with Crippen molar-refractivity contribution >= 4 is 18.3 Å². The summed E-state index contributed by atoms with van der Waals surface area (Å²) in [6.07, 6.45) is 0. The highest BCUT2D eigenvalue weighted by Gasteiger charge is 2.24. The van der Waals surface area contributed by atoms with Gasteiger partial charge in [0.2, 0.25) is 5.91 Å². The second kappa shape index (κ2) is 5.87. The maximum atomic E-state index is 11.6. The zero-order valence-electron chi connectivity index (χ0n) is 9.32. The molecule has 0 aromatic heterocycles. The molecule has 2 rings (SSSR count). The van der Waals surface area contributed by atoms with Crippen molar-refractivity contribution < 1.29 is 4.79 Å². The van der Waals surface area contributed by atoms with Crippen LogP contribution in [-0.2, 0) is 11.3 Å². The minimum atomic E-state index is 0. The van der Waals surface area contributed by atoms with Crippen molar-refractivity contribution in [1.29, 1.82) is 0 Å². The summed E-state index contributed by atoms with van der Waals surface area (Å²) in [5.74, 6) is 0.339. The van der Waals surface area contributed by atoms with Gasteiger partial charge in [0.25, 0.3) is 0 Å². The highest BCUT2D eigenvalue weighted by Crippen LogP contribution is 2.07. The quantitative estimate of drug-likeness (QED) is 0.835. The lowest BCUT2D eigenvalue weighted by Crippen LogP contribution is -2.50. The smallest absolute Gasteiger partial charge is 0.225 e. The largest absolute Gasteiger partial charge is 0.352 e. The number of nitrogens with one attached hydrogen (secondary N) is 2. The Morgan fingerprint density at radius 2 is 2.12 bits per heavy atom. The standard InChI is InChI=1S/C12H16N2O.ClH/c1-9-4-2-3-5-10(9)8-14-12(15)11-6-13-7-11;/h2-5,11,13H,6-8H2,1H3,(H,14,15);1H. The van der Waals surface area contributed by atoms with Gasteiger partial charge in [-0.3, -0.25) is 4.79 Å². The van der Waals surface area contributed by atoms with Gasteiger partial charge in [0.05, 0.1) is 5.92 Å². The van der Waals surface area contributed by atoms with Crippen molar-refractivity contribution in [3.8, 4) is 0 Å². The van der Waals surface area contributed by atoms with Crippen LogP contribution in [0.4, 0.5) is 0 Å². The summed E-state index contributed by atoms with van der Waals surface area (Å²) < 4.78 is 0. The lowest BCUT2D eigenvalue weighted by molar-refractivity contribution is -0.126. The van der Waals surface area contributed by atoms with Gasteiger partial charge in [-0.1, -0.05) is 24.3 Å². The first-order chi connectivity index (χ1) is 7.27. The minimum absolute atomic E-state index is 0. The fourth-order valence-corrected chi connectivity index (χ4v) is 1.61. The third kappa shape index (κ3) is 2.97. The molecule has 1 aromatic rings. The predicted octanol–water partition coefficient (Wildman–Crippen LogP) is 1.25. The van der Waals surface area contributed by atoms with Crippen molar-refractivity contribution in [1.82, 2.24) is 10.6 Å². The molecule has 1 fully saturated rings. The van der Waals surface area contributed by atoms with Crippen molar-refractivity contribution in [3.63, 3.8) is 0 Å². The fourth-order valence-electron chi connectivity index (χ4n) is 1.61. The van der Waals surface area contributed by atoms with Crippen LogP contribution in [0.5, 0.6) is 0 Å². The summed E-state index contributed by atoms with van der Waals surface area (Å²) in [4.78, 5) is 11.6. The molecule has 0 unspecified atom stereocenters. The Hall–Kier alpha value is -1.06. The van der Waals surface area contributed by atoms with E-state index in [4.69, 9.17) is 0 Å². The number of hydrogen-bond acceptors (Lipinski definition) is 2. The Labute approximate surface area is 102 Å². The van der Waals surface area contributed by atoms with Crippen molar-refractivity contribution in [2.45, 2.75) is 13.5 Å².